The normalized spacial score (nSPS) is 12.6. The van der Waals surface area contributed by atoms with E-state index in [0.29, 0.717) is 11.1 Å². The summed E-state index contributed by atoms with van der Waals surface area (Å²) in [6.45, 7) is 5.66. The quantitative estimate of drug-likeness (QED) is 0.744. The Morgan fingerprint density at radius 3 is 2.52 bits per heavy atom. The first kappa shape index (κ1) is 19.6. The van der Waals surface area contributed by atoms with Gasteiger partial charge in [0.2, 0.25) is 10.0 Å². The first-order valence-corrected chi connectivity index (χ1v) is 10.2. The molecule has 2 aromatic rings. The number of benzene rings is 2. The van der Waals surface area contributed by atoms with Crippen molar-refractivity contribution in [3.8, 4) is 0 Å². The molecular weight excluding hydrogens is 404 g/mol. The summed E-state index contributed by atoms with van der Waals surface area (Å²) in [5.74, 6) is -0.311. The third kappa shape index (κ3) is 4.68. The van der Waals surface area contributed by atoms with E-state index in [1.165, 1.54) is 12.1 Å². The molecule has 0 saturated heterocycles. The maximum atomic E-state index is 12.7. The molecule has 0 aliphatic carbocycles. The van der Waals surface area contributed by atoms with Gasteiger partial charge in [-0.1, -0.05) is 47.1 Å². The Morgan fingerprint density at radius 1 is 1.20 bits per heavy atom. The molecule has 134 valence electrons. The lowest BCUT2D eigenvalue weighted by Gasteiger charge is -2.17. The minimum atomic E-state index is -3.61. The summed E-state index contributed by atoms with van der Waals surface area (Å²) in [6.07, 6.45) is 0. The number of carbonyl (C=O) groups excluding carboxylic acids is 1. The molecule has 5 nitrogen and oxygen atoms in total. The fourth-order valence-electron chi connectivity index (χ4n) is 2.46. The zero-order valence-electron chi connectivity index (χ0n) is 14.3. The van der Waals surface area contributed by atoms with Gasteiger partial charge in [-0.15, -0.1) is 0 Å². The van der Waals surface area contributed by atoms with Crippen LogP contribution in [0.25, 0.3) is 0 Å². The van der Waals surface area contributed by atoms with Crippen LogP contribution in [0.5, 0.6) is 0 Å². The summed E-state index contributed by atoms with van der Waals surface area (Å²) < 4.78 is 27.7. The molecule has 0 aromatic heterocycles. The van der Waals surface area contributed by atoms with Gasteiger partial charge in [0.05, 0.1) is 10.9 Å². The van der Waals surface area contributed by atoms with Crippen molar-refractivity contribution in [3.63, 3.8) is 0 Å². The van der Waals surface area contributed by atoms with Crippen molar-refractivity contribution in [2.24, 2.45) is 0 Å². The second-order valence-electron chi connectivity index (χ2n) is 5.69. The monoisotopic (exact) mass is 424 g/mol. The Kier molecular flexibility index (Phi) is 6.37. The summed E-state index contributed by atoms with van der Waals surface area (Å²) >= 11 is 3.47. The van der Waals surface area contributed by atoms with Gasteiger partial charge in [0.1, 0.15) is 0 Å². The first-order chi connectivity index (χ1) is 11.8. The van der Waals surface area contributed by atoms with Crippen LogP contribution in [0, 0.1) is 6.92 Å². The number of carbonyl (C=O) groups is 1. The van der Waals surface area contributed by atoms with Gasteiger partial charge in [-0.2, -0.15) is 0 Å². The molecule has 2 rings (SSSR count). The van der Waals surface area contributed by atoms with Crippen LogP contribution in [0.3, 0.4) is 0 Å². The third-order valence-electron chi connectivity index (χ3n) is 3.82. The second-order valence-corrected chi connectivity index (χ2v) is 8.32. The first-order valence-electron chi connectivity index (χ1n) is 7.92. The van der Waals surface area contributed by atoms with E-state index < -0.39 is 10.0 Å². The molecule has 0 aliphatic heterocycles. The van der Waals surface area contributed by atoms with Crippen molar-refractivity contribution >= 4 is 31.9 Å². The molecule has 0 heterocycles. The number of sulfonamides is 1. The van der Waals surface area contributed by atoms with E-state index in [-0.39, 0.29) is 23.4 Å². The summed E-state index contributed by atoms with van der Waals surface area (Å²) in [5, 5.41) is 2.92. The summed E-state index contributed by atoms with van der Waals surface area (Å²) in [4.78, 5) is 12.7. The molecule has 0 bridgehead atoms. The smallest absolute Gasteiger partial charge is 0.252 e. The number of nitrogens with one attached hydrogen (secondary N) is 2. The predicted molar refractivity (Wildman–Crippen MR) is 102 cm³/mol. The van der Waals surface area contributed by atoms with Crippen LogP contribution in [0.1, 0.15) is 41.4 Å². The summed E-state index contributed by atoms with van der Waals surface area (Å²) in [7, 11) is -3.61. The van der Waals surface area contributed by atoms with Gasteiger partial charge >= 0.3 is 0 Å². The van der Waals surface area contributed by atoms with Crippen LogP contribution in [0.15, 0.2) is 51.8 Å². The predicted octanol–water partition coefficient (Wildman–Crippen LogP) is 3.55. The zero-order valence-corrected chi connectivity index (χ0v) is 16.7. The van der Waals surface area contributed by atoms with Crippen LogP contribution in [0.2, 0.25) is 0 Å². The van der Waals surface area contributed by atoms with Crippen LogP contribution in [0.4, 0.5) is 0 Å². The standard InChI is InChI=1S/C18H21BrN2O3S/c1-4-20-25(23,24)14-10-9-12(2)16(11-14)18(22)21-13(3)15-7-5-6-8-17(15)19/h5-11,13,20H,4H2,1-3H3,(H,21,22). The molecule has 0 fully saturated rings. The molecule has 0 saturated carbocycles. The van der Waals surface area contributed by atoms with E-state index in [0.717, 1.165) is 10.0 Å². The van der Waals surface area contributed by atoms with Crippen LogP contribution in [-0.4, -0.2) is 20.9 Å². The van der Waals surface area contributed by atoms with Gasteiger partial charge in [0, 0.05) is 16.6 Å². The van der Waals surface area contributed by atoms with Crippen molar-refractivity contribution in [1.29, 1.82) is 0 Å². The van der Waals surface area contributed by atoms with E-state index in [9.17, 15) is 13.2 Å². The molecule has 2 aromatic carbocycles. The summed E-state index contributed by atoms with van der Waals surface area (Å²) in [5.41, 5.74) is 2.01. The summed E-state index contributed by atoms with van der Waals surface area (Å²) in [6, 6.07) is 12.0. The highest BCUT2D eigenvalue weighted by atomic mass is 79.9. The van der Waals surface area contributed by atoms with Gasteiger partial charge < -0.3 is 5.32 Å². The Balaban J connectivity index is 2.29. The van der Waals surface area contributed by atoms with E-state index in [4.69, 9.17) is 0 Å². The van der Waals surface area contributed by atoms with Crippen molar-refractivity contribution in [2.45, 2.75) is 31.7 Å². The molecule has 25 heavy (non-hydrogen) atoms. The Bertz CT molecular complexity index is 882. The highest BCUT2D eigenvalue weighted by molar-refractivity contribution is 9.10. The molecular formula is C18H21BrN2O3S. The van der Waals surface area contributed by atoms with Gasteiger partial charge in [-0.25, -0.2) is 13.1 Å². The maximum Gasteiger partial charge on any atom is 0.252 e. The second kappa shape index (κ2) is 8.12. The van der Waals surface area contributed by atoms with Crippen molar-refractivity contribution in [1.82, 2.24) is 10.0 Å². The highest BCUT2D eigenvalue weighted by Crippen LogP contribution is 2.23. The average molecular weight is 425 g/mol. The van der Waals surface area contributed by atoms with Crippen molar-refractivity contribution < 1.29 is 13.2 Å². The van der Waals surface area contributed by atoms with E-state index >= 15 is 0 Å². The lowest BCUT2D eigenvalue weighted by Crippen LogP contribution is -2.28. The lowest BCUT2D eigenvalue weighted by molar-refractivity contribution is 0.0939. The lowest BCUT2D eigenvalue weighted by atomic mass is 10.1. The molecule has 7 heteroatoms. The third-order valence-corrected chi connectivity index (χ3v) is 6.08. The number of hydrogen-bond acceptors (Lipinski definition) is 3. The molecule has 2 N–H and O–H groups in total. The van der Waals surface area contributed by atoms with E-state index in [2.05, 4.69) is 26.0 Å². The maximum absolute atomic E-state index is 12.7. The van der Waals surface area contributed by atoms with Crippen molar-refractivity contribution in [2.75, 3.05) is 6.54 Å². The fourth-order valence-corrected chi connectivity index (χ4v) is 4.16. The SMILES string of the molecule is CCNS(=O)(=O)c1ccc(C)c(C(=O)NC(C)c2ccccc2Br)c1. The van der Waals surface area contributed by atoms with Crippen LogP contribution >= 0.6 is 15.9 Å². The minimum absolute atomic E-state index is 0.0821. The molecule has 0 radical (unpaired) electrons. The number of rotatable bonds is 6. The molecule has 0 aliphatic rings. The number of amides is 1. The van der Waals surface area contributed by atoms with Crippen LogP contribution in [-0.2, 0) is 10.0 Å². The van der Waals surface area contributed by atoms with Crippen molar-refractivity contribution in [3.05, 3.63) is 63.6 Å². The van der Waals surface area contributed by atoms with Gasteiger partial charge in [0.15, 0.2) is 0 Å². The average Bonchev–Trinajstić information content (AvgIpc) is 2.55. The van der Waals surface area contributed by atoms with Crippen LogP contribution < -0.4 is 10.0 Å². The molecule has 1 atom stereocenters. The minimum Gasteiger partial charge on any atom is -0.345 e. The Morgan fingerprint density at radius 2 is 1.88 bits per heavy atom. The fraction of sp³-hybridized carbons (Fsp3) is 0.278. The number of hydrogen-bond donors (Lipinski definition) is 2. The van der Waals surface area contributed by atoms with Gasteiger partial charge in [0.25, 0.3) is 5.91 Å². The largest absolute Gasteiger partial charge is 0.345 e. The molecule has 1 amide bonds. The number of halogens is 1. The highest BCUT2D eigenvalue weighted by Gasteiger charge is 2.19. The van der Waals surface area contributed by atoms with Gasteiger partial charge in [-0.05, 0) is 43.2 Å². The molecule has 0 spiro atoms. The van der Waals surface area contributed by atoms with E-state index in [1.54, 1.807) is 19.9 Å². The van der Waals surface area contributed by atoms with E-state index in [1.807, 2.05) is 31.2 Å². The topological polar surface area (TPSA) is 75.3 Å². The number of aryl methyl sites for hydroxylation is 1. The Labute approximate surface area is 157 Å². The van der Waals surface area contributed by atoms with Gasteiger partial charge in [-0.3, -0.25) is 4.79 Å². The zero-order chi connectivity index (χ0) is 18.6. The molecule has 1 unspecified atom stereocenters. The Hall–Kier alpha value is -1.70.